The van der Waals surface area contributed by atoms with Crippen molar-refractivity contribution in [3.05, 3.63) is 53.6 Å². The van der Waals surface area contributed by atoms with Crippen molar-refractivity contribution in [3.63, 3.8) is 0 Å². The van der Waals surface area contributed by atoms with Gasteiger partial charge in [-0.2, -0.15) is 5.26 Å². The Morgan fingerprint density at radius 1 is 1.07 bits per heavy atom. The standard InChI is InChI=1S/C21H21N3O4/c1-26-17-5-2-15(3-6-17)21(25)24-10-8-23(9-11-24)18(13-22)16-4-7-19-20(12-16)28-14-27-19/h2-7,12,18H,8-11,14H2,1H3. The second-order valence-corrected chi connectivity index (χ2v) is 6.70. The number of nitriles is 1. The molecule has 2 aliphatic heterocycles. The van der Waals surface area contributed by atoms with Crippen LogP contribution in [0.1, 0.15) is 22.0 Å². The number of nitrogens with zero attached hydrogens (tertiary/aromatic N) is 3. The van der Waals surface area contributed by atoms with Crippen molar-refractivity contribution in [1.29, 1.82) is 5.26 Å². The summed E-state index contributed by atoms with van der Waals surface area (Å²) in [6.45, 7) is 2.63. The van der Waals surface area contributed by atoms with Gasteiger partial charge in [-0.25, -0.2) is 0 Å². The quantitative estimate of drug-likeness (QED) is 0.812. The highest BCUT2D eigenvalue weighted by Crippen LogP contribution is 2.35. The molecule has 28 heavy (non-hydrogen) atoms. The number of fused-ring (bicyclic) bond motifs is 1. The van der Waals surface area contributed by atoms with Gasteiger partial charge < -0.3 is 19.1 Å². The summed E-state index contributed by atoms with van der Waals surface area (Å²) in [7, 11) is 1.60. The highest BCUT2D eigenvalue weighted by molar-refractivity contribution is 5.94. The molecule has 2 aromatic rings. The highest BCUT2D eigenvalue weighted by Gasteiger charge is 2.28. The Kier molecular flexibility index (Phi) is 5.04. The normalized spacial score (nSPS) is 17.1. The number of benzene rings is 2. The summed E-state index contributed by atoms with van der Waals surface area (Å²) in [5.74, 6) is 2.10. The Bertz CT molecular complexity index is 899. The molecular weight excluding hydrogens is 358 g/mol. The molecular formula is C21H21N3O4. The lowest BCUT2D eigenvalue weighted by Gasteiger charge is -2.37. The average Bonchev–Trinajstić information content (AvgIpc) is 3.22. The summed E-state index contributed by atoms with van der Waals surface area (Å²) < 4.78 is 15.9. The zero-order valence-corrected chi connectivity index (χ0v) is 15.6. The number of carbonyl (C=O) groups is 1. The maximum Gasteiger partial charge on any atom is 0.253 e. The third-order valence-corrected chi connectivity index (χ3v) is 5.14. The Morgan fingerprint density at radius 2 is 1.79 bits per heavy atom. The van der Waals surface area contributed by atoms with E-state index >= 15 is 0 Å². The number of methoxy groups -OCH3 is 1. The fourth-order valence-corrected chi connectivity index (χ4v) is 3.55. The number of piperazine rings is 1. The lowest BCUT2D eigenvalue weighted by Crippen LogP contribution is -2.49. The van der Waals surface area contributed by atoms with E-state index in [0.717, 1.165) is 11.3 Å². The van der Waals surface area contributed by atoms with Crippen molar-refractivity contribution >= 4 is 5.91 Å². The van der Waals surface area contributed by atoms with Crippen LogP contribution in [-0.4, -0.2) is 55.8 Å². The van der Waals surface area contributed by atoms with Crippen LogP contribution in [0.5, 0.6) is 17.2 Å². The Balaban J connectivity index is 1.41. The molecule has 7 heteroatoms. The van der Waals surface area contributed by atoms with Crippen LogP contribution in [0.15, 0.2) is 42.5 Å². The molecule has 7 nitrogen and oxygen atoms in total. The largest absolute Gasteiger partial charge is 0.497 e. The van der Waals surface area contributed by atoms with E-state index in [0.29, 0.717) is 43.2 Å². The molecule has 1 atom stereocenters. The first-order valence-corrected chi connectivity index (χ1v) is 9.16. The van der Waals surface area contributed by atoms with E-state index in [-0.39, 0.29) is 18.7 Å². The van der Waals surface area contributed by atoms with Crippen molar-refractivity contribution in [3.8, 4) is 23.3 Å². The van der Waals surface area contributed by atoms with E-state index < -0.39 is 0 Å². The summed E-state index contributed by atoms with van der Waals surface area (Å²) in [6, 6.07) is 14.7. The van der Waals surface area contributed by atoms with Gasteiger partial charge in [0.1, 0.15) is 11.8 Å². The van der Waals surface area contributed by atoms with Crippen molar-refractivity contribution in [2.75, 3.05) is 40.1 Å². The molecule has 0 spiro atoms. The van der Waals surface area contributed by atoms with Crippen LogP contribution in [0, 0.1) is 11.3 Å². The number of ether oxygens (including phenoxy) is 3. The van der Waals surface area contributed by atoms with Gasteiger partial charge in [-0.3, -0.25) is 9.69 Å². The second-order valence-electron chi connectivity index (χ2n) is 6.70. The summed E-state index contributed by atoms with van der Waals surface area (Å²) >= 11 is 0. The molecule has 2 aliphatic rings. The van der Waals surface area contributed by atoms with Crippen molar-refractivity contribution in [1.82, 2.24) is 9.80 Å². The maximum absolute atomic E-state index is 12.7. The smallest absolute Gasteiger partial charge is 0.253 e. The van der Waals surface area contributed by atoms with Crippen molar-refractivity contribution in [2.24, 2.45) is 0 Å². The topological polar surface area (TPSA) is 75.0 Å². The molecule has 1 amide bonds. The molecule has 0 aliphatic carbocycles. The number of rotatable bonds is 4. The van der Waals surface area contributed by atoms with Gasteiger partial charge in [0.25, 0.3) is 5.91 Å². The van der Waals surface area contributed by atoms with Crippen LogP contribution in [0.4, 0.5) is 0 Å². The molecule has 1 unspecified atom stereocenters. The molecule has 2 heterocycles. The number of hydrogen-bond acceptors (Lipinski definition) is 6. The Morgan fingerprint density at radius 3 is 2.46 bits per heavy atom. The molecule has 4 rings (SSSR count). The lowest BCUT2D eigenvalue weighted by atomic mass is 10.0. The van der Waals surface area contributed by atoms with E-state index in [1.807, 2.05) is 23.1 Å². The minimum atomic E-state index is -0.382. The van der Waals surface area contributed by atoms with Gasteiger partial charge >= 0.3 is 0 Å². The number of amides is 1. The summed E-state index contributed by atoms with van der Waals surface area (Å²) in [5.41, 5.74) is 1.52. The van der Waals surface area contributed by atoms with Crippen LogP contribution in [0.3, 0.4) is 0 Å². The van der Waals surface area contributed by atoms with Crippen LogP contribution >= 0.6 is 0 Å². The number of carbonyl (C=O) groups excluding carboxylic acids is 1. The molecule has 144 valence electrons. The average molecular weight is 379 g/mol. The monoisotopic (exact) mass is 379 g/mol. The van der Waals surface area contributed by atoms with Gasteiger partial charge in [0.05, 0.1) is 13.2 Å². The summed E-state index contributed by atoms with van der Waals surface area (Å²) in [5, 5.41) is 9.73. The lowest BCUT2D eigenvalue weighted by molar-refractivity contribution is 0.0606. The van der Waals surface area contributed by atoms with Gasteiger partial charge in [0.2, 0.25) is 6.79 Å². The van der Waals surface area contributed by atoms with Gasteiger partial charge in [-0.05, 0) is 42.0 Å². The number of hydrogen-bond donors (Lipinski definition) is 0. The van der Waals surface area contributed by atoms with Crippen LogP contribution < -0.4 is 14.2 Å². The fourth-order valence-electron chi connectivity index (χ4n) is 3.55. The minimum Gasteiger partial charge on any atom is -0.497 e. The third-order valence-electron chi connectivity index (χ3n) is 5.14. The van der Waals surface area contributed by atoms with Crippen LogP contribution in [0.2, 0.25) is 0 Å². The van der Waals surface area contributed by atoms with E-state index in [1.165, 1.54) is 0 Å². The van der Waals surface area contributed by atoms with Gasteiger partial charge in [0, 0.05) is 31.7 Å². The third kappa shape index (κ3) is 3.47. The first-order valence-electron chi connectivity index (χ1n) is 9.16. The Hall–Kier alpha value is -3.24. The Labute approximate surface area is 163 Å². The molecule has 1 fully saturated rings. The molecule has 1 saturated heterocycles. The van der Waals surface area contributed by atoms with Gasteiger partial charge in [-0.1, -0.05) is 6.07 Å². The molecule has 0 bridgehead atoms. The zero-order valence-electron chi connectivity index (χ0n) is 15.6. The van der Waals surface area contributed by atoms with Gasteiger partial charge in [0.15, 0.2) is 11.5 Å². The van der Waals surface area contributed by atoms with E-state index in [1.54, 1.807) is 31.4 Å². The summed E-state index contributed by atoms with van der Waals surface area (Å²) in [6.07, 6.45) is 0. The fraction of sp³-hybridized carbons (Fsp3) is 0.333. The molecule has 0 N–H and O–H groups in total. The first-order chi connectivity index (χ1) is 13.7. The first kappa shape index (κ1) is 18.1. The second kappa shape index (κ2) is 7.79. The zero-order chi connectivity index (χ0) is 19.5. The van der Waals surface area contributed by atoms with Gasteiger partial charge in [-0.15, -0.1) is 0 Å². The van der Waals surface area contributed by atoms with Crippen LogP contribution in [-0.2, 0) is 0 Å². The van der Waals surface area contributed by atoms with E-state index in [9.17, 15) is 10.1 Å². The van der Waals surface area contributed by atoms with E-state index in [4.69, 9.17) is 14.2 Å². The molecule has 0 saturated carbocycles. The predicted molar refractivity (Wildman–Crippen MR) is 101 cm³/mol. The maximum atomic E-state index is 12.7. The SMILES string of the molecule is COc1ccc(C(=O)N2CCN(C(C#N)c3ccc4c(c3)OCO4)CC2)cc1. The van der Waals surface area contributed by atoms with Crippen molar-refractivity contribution in [2.45, 2.75) is 6.04 Å². The van der Waals surface area contributed by atoms with Crippen LogP contribution in [0.25, 0.3) is 0 Å². The van der Waals surface area contributed by atoms with E-state index in [2.05, 4.69) is 11.0 Å². The molecule has 2 aromatic carbocycles. The highest BCUT2D eigenvalue weighted by atomic mass is 16.7. The minimum absolute atomic E-state index is 0.00103. The summed E-state index contributed by atoms with van der Waals surface area (Å²) in [4.78, 5) is 16.6. The molecule has 0 radical (unpaired) electrons. The predicted octanol–water partition coefficient (Wildman–Crippen LogP) is 2.45. The molecule has 0 aromatic heterocycles. The van der Waals surface area contributed by atoms with Crippen molar-refractivity contribution < 1.29 is 19.0 Å².